The Bertz CT molecular complexity index is 564. The molecule has 0 aliphatic carbocycles. The molecule has 1 amide bonds. The number of hydrogen-bond acceptors (Lipinski definition) is 2. The summed E-state index contributed by atoms with van der Waals surface area (Å²) in [6.07, 6.45) is -0.861. The van der Waals surface area contributed by atoms with Crippen LogP contribution in [0.3, 0.4) is 0 Å². The Morgan fingerprint density at radius 3 is 2.42 bits per heavy atom. The summed E-state index contributed by atoms with van der Waals surface area (Å²) in [5.41, 5.74) is -0.197. The second-order valence-electron chi connectivity index (χ2n) is 3.36. The summed E-state index contributed by atoms with van der Waals surface area (Å²) in [4.78, 5) is 11.4. The maximum absolute atomic E-state index is 13.2. The zero-order valence-electron chi connectivity index (χ0n) is 9.61. The van der Waals surface area contributed by atoms with Crippen molar-refractivity contribution in [1.82, 2.24) is 0 Å². The van der Waals surface area contributed by atoms with Crippen LogP contribution >= 0.6 is 0 Å². The van der Waals surface area contributed by atoms with Crippen molar-refractivity contribution >= 4 is 11.8 Å². The van der Waals surface area contributed by atoms with Gasteiger partial charge < -0.3 is 10.1 Å². The van der Waals surface area contributed by atoms with Gasteiger partial charge in [-0.3, -0.25) is 0 Å². The van der Waals surface area contributed by atoms with Crippen LogP contribution in [0.15, 0.2) is 42.5 Å². The van der Waals surface area contributed by atoms with Gasteiger partial charge in [-0.1, -0.05) is 18.2 Å². The first-order valence-corrected chi connectivity index (χ1v) is 5.06. The maximum atomic E-state index is 13.2. The third kappa shape index (κ3) is 4.46. The molecule has 0 saturated heterocycles. The van der Waals surface area contributed by atoms with E-state index >= 15 is 0 Å². The number of carbonyl (C=O) groups excluding carboxylic acids is 1. The predicted octanol–water partition coefficient (Wildman–Crippen LogP) is 3.37. The normalized spacial score (nSPS) is 9.37. The van der Waals surface area contributed by atoms with Crippen molar-refractivity contribution in [3.05, 3.63) is 60.2 Å². The van der Waals surface area contributed by atoms with Gasteiger partial charge in [-0.05, 0) is 17.8 Å². The molecule has 2 rings (SSSR count). The Hall–Kier alpha value is -1.72. The molecule has 0 spiro atoms. The maximum Gasteiger partial charge on any atom is 0.406 e. The smallest absolute Gasteiger partial charge is 0.406 e. The summed E-state index contributed by atoms with van der Waals surface area (Å²) in [7, 11) is 0. The van der Waals surface area contributed by atoms with E-state index in [2.05, 4.69) is 5.32 Å². The van der Waals surface area contributed by atoms with Crippen molar-refractivity contribution in [3.63, 3.8) is 0 Å². The summed E-state index contributed by atoms with van der Waals surface area (Å²) < 4.78 is 30.7. The molecule has 0 aliphatic heterocycles. The van der Waals surface area contributed by atoms with Crippen LogP contribution in [0.4, 0.5) is 19.3 Å². The van der Waals surface area contributed by atoms with E-state index in [1.807, 2.05) is 0 Å². The monoisotopic (exact) mass is 296 g/mol. The van der Waals surface area contributed by atoms with Crippen LogP contribution in [0, 0.1) is 17.7 Å². The van der Waals surface area contributed by atoms with E-state index in [1.54, 1.807) is 36.4 Å². The van der Waals surface area contributed by atoms with Gasteiger partial charge in [0.1, 0.15) is 5.75 Å². The summed E-state index contributed by atoms with van der Waals surface area (Å²) in [5, 5.41) is 2.15. The molecule has 19 heavy (non-hydrogen) atoms. The summed E-state index contributed by atoms with van der Waals surface area (Å²) in [5.74, 6) is -1.50. The van der Waals surface area contributed by atoms with Gasteiger partial charge in [0.2, 0.25) is 0 Å². The Morgan fingerprint density at radius 1 is 1.11 bits per heavy atom. The molecule has 3 nitrogen and oxygen atoms in total. The van der Waals surface area contributed by atoms with Crippen LogP contribution in [0.5, 0.6) is 5.75 Å². The average Bonchev–Trinajstić information content (AvgIpc) is 2.34. The summed E-state index contributed by atoms with van der Waals surface area (Å²) >= 11 is 0. The molecular formula is C13H8F2NO2Ti-. The van der Waals surface area contributed by atoms with E-state index in [0.29, 0.717) is 5.75 Å². The predicted molar refractivity (Wildman–Crippen MR) is 61.3 cm³/mol. The Morgan fingerprint density at radius 2 is 1.79 bits per heavy atom. The molecule has 2 aromatic rings. The minimum absolute atomic E-state index is 0. The van der Waals surface area contributed by atoms with E-state index in [4.69, 9.17) is 4.74 Å². The number of amides is 1. The molecule has 1 N–H and O–H groups in total. The number of carbonyl (C=O) groups is 1. The van der Waals surface area contributed by atoms with Crippen LogP contribution in [0.2, 0.25) is 0 Å². The van der Waals surface area contributed by atoms with Gasteiger partial charge in [0, 0.05) is 33.4 Å². The zero-order valence-corrected chi connectivity index (χ0v) is 11.2. The zero-order chi connectivity index (χ0) is 13.0. The molecule has 0 fully saturated rings. The Kier molecular flexibility index (Phi) is 5.67. The van der Waals surface area contributed by atoms with E-state index in [9.17, 15) is 13.6 Å². The van der Waals surface area contributed by atoms with Crippen LogP contribution in [0.1, 0.15) is 0 Å². The number of ether oxygens (including phenoxy) is 1. The first kappa shape index (κ1) is 15.3. The van der Waals surface area contributed by atoms with Gasteiger partial charge in [-0.25, -0.2) is 13.6 Å². The van der Waals surface area contributed by atoms with Crippen molar-refractivity contribution in [1.29, 1.82) is 0 Å². The van der Waals surface area contributed by atoms with Crippen LogP contribution in [-0.2, 0) is 21.7 Å². The minimum atomic E-state index is -0.986. The van der Waals surface area contributed by atoms with Crippen LogP contribution in [0.25, 0.3) is 0 Å². The number of hydrogen-bond donors (Lipinski definition) is 1. The Balaban J connectivity index is 0.00000180. The molecule has 0 aliphatic rings. The van der Waals surface area contributed by atoms with Gasteiger partial charge in [0.05, 0.1) is 0 Å². The van der Waals surface area contributed by atoms with Gasteiger partial charge in [0.25, 0.3) is 0 Å². The van der Waals surface area contributed by atoms with Crippen molar-refractivity contribution in [2.45, 2.75) is 0 Å². The molecule has 96 valence electrons. The second kappa shape index (κ2) is 7.02. The number of nitrogens with one attached hydrogen (secondary N) is 1. The van der Waals surface area contributed by atoms with Crippen LogP contribution in [-0.4, -0.2) is 6.09 Å². The van der Waals surface area contributed by atoms with Gasteiger partial charge in [0.15, 0.2) is 0 Å². The third-order valence-electron chi connectivity index (χ3n) is 2.05. The van der Waals surface area contributed by atoms with Crippen molar-refractivity contribution in [3.8, 4) is 5.75 Å². The second-order valence-corrected chi connectivity index (χ2v) is 3.36. The van der Waals surface area contributed by atoms with E-state index in [-0.39, 0.29) is 27.4 Å². The molecular weight excluding hydrogens is 288 g/mol. The average molecular weight is 296 g/mol. The van der Waals surface area contributed by atoms with Crippen molar-refractivity contribution in [2.75, 3.05) is 5.32 Å². The van der Waals surface area contributed by atoms with Crippen molar-refractivity contribution < 1.29 is 40.0 Å². The molecule has 2 aromatic carbocycles. The largest absolute Gasteiger partial charge is 0.411 e. The standard InChI is InChI=1S/C13H8F2NO2.Ti/c14-9-6-7-12(11(15)8-9)16-13(17)18-10-4-2-1-3-5-10;/h1-7H,(H,16,17);/q-1;. The molecule has 0 aromatic heterocycles. The summed E-state index contributed by atoms with van der Waals surface area (Å²) in [6, 6.07) is 12.2. The van der Waals surface area contributed by atoms with E-state index < -0.39 is 17.7 Å². The molecule has 0 atom stereocenters. The van der Waals surface area contributed by atoms with Gasteiger partial charge >= 0.3 is 6.09 Å². The fourth-order valence-electron chi connectivity index (χ4n) is 1.27. The molecule has 0 saturated carbocycles. The van der Waals surface area contributed by atoms with Crippen molar-refractivity contribution in [2.24, 2.45) is 0 Å². The quantitative estimate of drug-likeness (QED) is 0.681. The molecule has 0 bridgehead atoms. The number of benzene rings is 2. The van der Waals surface area contributed by atoms with Crippen LogP contribution < -0.4 is 10.1 Å². The van der Waals surface area contributed by atoms with Gasteiger partial charge in [-0.15, -0.1) is 18.2 Å². The molecule has 0 unspecified atom stereocenters. The fraction of sp³-hybridized carbons (Fsp3) is 0. The van der Waals surface area contributed by atoms with Gasteiger partial charge in [-0.2, -0.15) is 0 Å². The fourth-order valence-corrected chi connectivity index (χ4v) is 1.27. The topological polar surface area (TPSA) is 38.3 Å². The van der Waals surface area contributed by atoms with E-state index in [0.717, 1.165) is 12.1 Å². The first-order valence-electron chi connectivity index (χ1n) is 5.06. The minimum Gasteiger partial charge on any atom is -0.411 e. The number of halogens is 2. The molecule has 0 radical (unpaired) electrons. The number of para-hydroxylation sites is 1. The third-order valence-corrected chi connectivity index (χ3v) is 2.05. The SMILES string of the molecule is O=C(Nc1ccc(F)[c-]c1F)Oc1ccccc1.[Ti]. The number of anilines is 1. The van der Waals surface area contributed by atoms with E-state index in [1.165, 1.54) is 0 Å². The first-order chi connectivity index (χ1) is 8.65. The Labute approximate surface area is 123 Å². The molecule has 0 heterocycles. The number of rotatable bonds is 2. The molecule has 6 heteroatoms. The summed E-state index contributed by atoms with van der Waals surface area (Å²) in [6.45, 7) is 0.